The van der Waals surface area contributed by atoms with E-state index in [1.165, 1.54) is 7.11 Å². The van der Waals surface area contributed by atoms with Crippen LogP contribution in [-0.2, 0) is 30.2 Å². The van der Waals surface area contributed by atoms with E-state index in [1.807, 2.05) is 18.2 Å². The van der Waals surface area contributed by atoms with E-state index < -0.39 is 46.8 Å². The third-order valence-electron chi connectivity index (χ3n) is 8.77. The highest BCUT2D eigenvalue weighted by Crippen LogP contribution is 2.55. The molecule has 3 N–H and O–H groups in total. The van der Waals surface area contributed by atoms with Gasteiger partial charge in [-0.1, -0.05) is 0 Å². The van der Waals surface area contributed by atoms with E-state index in [2.05, 4.69) is 9.64 Å². The molecule has 1 saturated heterocycles. The second kappa shape index (κ2) is 10.5. The smallest absolute Gasteiger partial charge is 0.342 e. The van der Waals surface area contributed by atoms with Crippen molar-refractivity contribution >= 4 is 11.9 Å². The molecule has 0 unspecified atom stereocenters. The van der Waals surface area contributed by atoms with Crippen LogP contribution in [0.4, 0.5) is 0 Å². The summed E-state index contributed by atoms with van der Waals surface area (Å²) >= 11 is 0. The molecule has 220 valence electrons. The second-order valence-electron chi connectivity index (χ2n) is 11.8. The van der Waals surface area contributed by atoms with E-state index in [0.29, 0.717) is 17.3 Å². The highest BCUT2D eigenvalue weighted by Gasteiger charge is 2.59. The van der Waals surface area contributed by atoms with Crippen LogP contribution >= 0.6 is 0 Å². The average molecular weight is 562 g/mol. The molecule has 3 heterocycles. The van der Waals surface area contributed by atoms with Crippen LogP contribution in [0.15, 0.2) is 24.0 Å². The van der Waals surface area contributed by atoms with E-state index >= 15 is 0 Å². The number of nitrogens with zero attached hydrogens (tertiary/aromatic N) is 1. The molecule has 1 aromatic rings. The van der Waals surface area contributed by atoms with Gasteiger partial charge in [-0.2, -0.15) is 0 Å². The predicted octanol–water partition coefficient (Wildman–Crippen LogP) is 1.55. The van der Waals surface area contributed by atoms with Crippen LogP contribution in [0.2, 0.25) is 0 Å². The lowest BCUT2D eigenvalue weighted by Crippen LogP contribution is -2.56. The highest BCUT2D eigenvalue weighted by molar-refractivity contribution is 5.89. The van der Waals surface area contributed by atoms with Crippen molar-refractivity contribution in [1.82, 2.24) is 4.90 Å². The SMILES string of the molecule is COC(=O)[C@@H](O)[C@](O)(CCCC(C)(C)O)C(=O)O[C@@H]1C(OC)=C[C@@]23CCCN2CCc2cc4c(cc2[C@H]13)OCO4. The zero-order valence-corrected chi connectivity index (χ0v) is 23.5. The number of aliphatic hydroxyl groups excluding tert-OH is 1. The van der Waals surface area contributed by atoms with Crippen molar-refractivity contribution in [2.24, 2.45) is 0 Å². The maximum Gasteiger partial charge on any atom is 0.342 e. The third-order valence-corrected chi connectivity index (χ3v) is 8.77. The average Bonchev–Trinajstić information content (AvgIpc) is 3.60. The molecule has 1 aromatic carbocycles. The van der Waals surface area contributed by atoms with Crippen molar-refractivity contribution in [2.75, 3.05) is 34.1 Å². The summed E-state index contributed by atoms with van der Waals surface area (Å²) < 4.78 is 27.8. The van der Waals surface area contributed by atoms with Gasteiger partial charge in [-0.05, 0) is 88.3 Å². The fraction of sp³-hybridized carbons (Fsp3) is 0.655. The van der Waals surface area contributed by atoms with Crippen molar-refractivity contribution < 1.29 is 48.6 Å². The summed E-state index contributed by atoms with van der Waals surface area (Å²) in [5, 5.41) is 32.4. The Hall–Kier alpha value is -2.86. The first-order chi connectivity index (χ1) is 18.9. The first kappa shape index (κ1) is 28.7. The van der Waals surface area contributed by atoms with E-state index in [4.69, 9.17) is 18.9 Å². The van der Waals surface area contributed by atoms with Crippen molar-refractivity contribution in [3.05, 3.63) is 35.1 Å². The molecule has 1 aliphatic carbocycles. The Morgan fingerprint density at radius 2 is 1.88 bits per heavy atom. The molecule has 0 bridgehead atoms. The van der Waals surface area contributed by atoms with E-state index in [-0.39, 0.29) is 26.1 Å². The maximum absolute atomic E-state index is 13.8. The Labute approximate surface area is 233 Å². The summed E-state index contributed by atoms with van der Waals surface area (Å²) in [5.74, 6) is -1.01. The number of carbonyl (C=O) groups is 2. The summed E-state index contributed by atoms with van der Waals surface area (Å²) in [4.78, 5) is 28.5. The van der Waals surface area contributed by atoms with Gasteiger partial charge in [-0.25, -0.2) is 9.59 Å². The van der Waals surface area contributed by atoms with E-state index in [1.54, 1.807) is 13.8 Å². The number of methoxy groups -OCH3 is 2. The van der Waals surface area contributed by atoms with Gasteiger partial charge in [0.05, 0.1) is 31.3 Å². The summed E-state index contributed by atoms with van der Waals surface area (Å²) in [6, 6.07) is 3.92. The Morgan fingerprint density at radius 3 is 2.55 bits per heavy atom. The highest BCUT2D eigenvalue weighted by atomic mass is 16.7. The number of fused-ring (bicyclic) bond motifs is 3. The lowest BCUT2D eigenvalue weighted by molar-refractivity contribution is -0.195. The van der Waals surface area contributed by atoms with Gasteiger partial charge in [0.15, 0.2) is 29.3 Å². The fourth-order valence-corrected chi connectivity index (χ4v) is 6.76. The van der Waals surface area contributed by atoms with Gasteiger partial charge in [0.2, 0.25) is 6.79 Å². The van der Waals surface area contributed by atoms with Crippen LogP contribution in [0, 0.1) is 0 Å². The molecule has 0 radical (unpaired) electrons. The number of aliphatic hydroxyl groups is 3. The topological polar surface area (TPSA) is 144 Å². The molecule has 40 heavy (non-hydrogen) atoms. The Balaban J connectivity index is 1.53. The number of benzene rings is 1. The van der Waals surface area contributed by atoms with Gasteiger partial charge in [0, 0.05) is 6.54 Å². The molecule has 11 heteroatoms. The molecule has 11 nitrogen and oxygen atoms in total. The van der Waals surface area contributed by atoms with Crippen molar-refractivity contribution in [2.45, 2.75) is 87.2 Å². The van der Waals surface area contributed by atoms with Gasteiger partial charge in [0.1, 0.15) is 5.76 Å². The predicted molar refractivity (Wildman–Crippen MR) is 141 cm³/mol. The first-order valence-corrected chi connectivity index (χ1v) is 13.8. The molecule has 0 saturated carbocycles. The quantitative estimate of drug-likeness (QED) is 0.378. The summed E-state index contributed by atoms with van der Waals surface area (Å²) in [6.07, 6.45) is 1.44. The fourth-order valence-electron chi connectivity index (χ4n) is 6.76. The Bertz CT molecular complexity index is 1190. The molecule has 5 atom stereocenters. The molecule has 0 aromatic heterocycles. The molecular formula is C29H39NO10. The molecule has 1 fully saturated rings. The number of hydrogen-bond acceptors (Lipinski definition) is 11. The lowest BCUT2D eigenvalue weighted by Gasteiger charge is -2.40. The molecule has 5 rings (SSSR count). The Morgan fingerprint density at radius 1 is 1.15 bits per heavy atom. The summed E-state index contributed by atoms with van der Waals surface area (Å²) in [7, 11) is 2.56. The van der Waals surface area contributed by atoms with Crippen LogP contribution in [0.25, 0.3) is 0 Å². The molecule has 1 spiro atoms. The van der Waals surface area contributed by atoms with Gasteiger partial charge < -0.3 is 39.0 Å². The zero-order chi connectivity index (χ0) is 28.9. The van der Waals surface area contributed by atoms with Crippen LogP contribution in [-0.4, -0.2) is 95.2 Å². The van der Waals surface area contributed by atoms with Gasteiger partial charge in [-0.15, -0.1) is 0 Å². The summed E-state index contributed by atoms with van der Waals surface area (Å²) in [6.45, 7) is 4.98. The minimum Gasteiger partial charge on any atom is -0.497 e. The van der Waals surface area contributed by atoms with Crippen LogP contribution in [0.5, 0.6) is 11.5 Å². The van der Waals surface area contributed by atoms with Crippen LogP contribution < -0.4 is 9.47 Å². The van der Waals surface area contributed by atoms with Gasteiger partial charge >= 0.3 is 11.9 Å². The minimum absolute atomic E-state index is 0.128. The van der Waals surface area contributed by atoms with Crippen molar-refractivity contribution in [3.8, 4) is 11.5 Å². The van der Waals surface area contributed by atoms with Crippen LogP contribution in [0.3, 0.4) is 0 Å². The number of rotatable bonds is 9. The number of esters is 2. The van der Waals surface area contributed by atoms with E-state index in [0.717, 1.165) is 50.6 Å². The summed E-state index contributed by atoms with van der Waals surface area (Å²) in [5.41, 5.74) is -2.19. The molecular weight excluding hydrogens is 522 g/mol. The molecule has 3 aliphatic heterocycles. The first-order valence-electron chi connectivity index (χ1n) is 13.8. The third kappa shape index (κ3) is 4.82. The lowest BCUT2D eigenvalue weighted by atomic mass is 9.77. The minimum atomic E-state index is -2.61. The standard InChI is InChI=1S/C29H39NO10/c1-27(2,34)8-5-10-29(35,24(31)25(32)37-4)26(33)40-23-21(36-3)15-28-9-6-11-30(28)12-7-17-13-19-20(39-16-38-19)14-18(17)22(23)28/h13-15,22-24,31,34-35H,5-12,16H2,1-4H3/t22-,23-,24-,28-,29-/m1/s1. The normalized spacial score (nSPS) is 27.4. The largest absolute Gasteiger partial charge is 0.497 e. The number of carbonyl (C=O) groups excluding carboxylic acids is 2. The molecule has 4 aliphatic rings. The molecule has 0 amide bonds. The van der Waals surface area contributed by atoms with Crippen molar-refractivity contribution in [3.63, 3.8) is 0 Å². The number of hydrogen-bond donors (Lipinski definition) is 3. The van der Waals surface area contributed by atoms with Gasteiger partial charge in [0.25, 0.3) is 0 Å². The zero-order valence-electron chi connectivity index (χ0n) is 23.5. The maximum atomic E-state index is 13.8. The number of ether oxygens (including phenoxy) is 5. The van der Waals surface area contributed by atoms with Crippen molar-refractivity contribution in [1.29, 1.82) is 0 Å². The van der Waals surface area contributed by atoms with Gasteiger partial charge in [-0.3, -0.25) is 4.90 Å². The Kier molecular flexibility index (Phi) is 7.54. The second-order valence-corrected chi connectivity index (χ2v) is 11.8. The monoisotopic (exact) mass is 561 g/mol. The van der Waals surface area contributed by atoms with E-state index in [9.17, 15) is 24.9 Å². The van der Waals surface area contributed by atoms with Crippen LogP contribution in [0.1, 0.15) is 63.0 Å².